The number of nitrogens with one attached hydrogen (secondary N) is 4. The van der Waals surface area contributed by atoms with Gasteiger partial charge in [-0.15, -0.1) is 0 Å². The van der Waals surface area contributed by atoms with Gasteiger partial charge in [-0.25, -0.2) is 0 Å². The van der Waals surface area contributed by atoms with E-state index in [1.54, 1.807) is 24.3 Å². The molecule has 8 heteroatoms. The van der Waals surface area contributed by atoms with Crippen LogP contribution in [0, 0.1) is 0 Å². The second kappa shape index (κ2) is 7.40. The van der Waals surface area contributed by atoms with Crippen LogP contribution in [0.15, 0.2) is 30.5 Å². The molecule has 1 aromatic carbocycles. The first kappa shape index (κ1) is 17.2. The van der Waals surface area contributed by atoms with Crippen molar-refractivity contribution in [2.75, 3.05) is 10.6 Å². The van der Waals surface area contributed by atoms with Gasteiger partial charge in [0.05, 0.1) is 5.69 Å². The molecule has 3 amide bonds. The van der Waals surface area contributed by atoms with E-state index < -0.39 is 5.91 Å². The molecule has 2 aromatic rings. The fourth-order valence-corrected chi connectivity index (χ4v) is 2.02. The van der Waals surface area contributed by atoms with Crippen molar-refractivity contribution < 1.29 is 14.4 Å². The van der Waals surface area contributed by atoms with Gasteiger partial charge >= 0.3 is 0 Å². The summed E-state index contributed by atoms with van der Waals surface area (Å²) in [6.07, 6.45) is 1.44. The summed E-state index contributed by atoms with van der Waals surface area (Å²) in [6, 6.07) is 6.44. The molecule has 1 aromatic heterocycles. The molecule has 8 nitrogen and oxygen atoms in total. The lowest BCUT2D eigenvalue weighted by molar-refractivity contribution is -0.114. The van der Waals surface area contributed by atoms with E-state index in [-0.39, 0.29) is 29.2 Å². The zero-order chi connectivity index (χ0) is 17.7. The molecule has 0 unspecified atom stereocenters. The van der Waals surface area contributed by atoms with Gasteiger partial charge in [0.15, 0.2) is 5.69 Å². The standard InChI is InChI=1S/C16H19N5O3/c1-9(2)18-16(24)14-13(8-17-21-14)20-15(23)11-5-4-6-12(7-11)19-10(3)22/h4-9H,1-3H3,(H,17,21)(H,18,24)(H,19,22)(H,20,23). The van der Waals surface area contributed by atoms with E-state index in [9.17, 15) is 14.4 Å². The molecule has 24 heavy (non-hydrogen) atoms. The smallest absolute Gasteiger partial charge is 0.274 e. The highest BCUT2D eigenvalue weighted by Gasteiger charge is 2.18. The van der Waals surface area contributed by atoms with Crippen molar-refractivity contribution in [1.29, 1.82) is 0 Å². The quantitative estimate of drug-likeness (QED) is 0.669. The average molecular weight is 329 g/mol. The summed E-state index contributed by atoms with van der Waals surface area (Å²) in [7, 11) is 0. The number of carbonyl (C=O) groups is 3. The second-order valence-corrected chi connectivity index (χ2v) is 5.49. The number of nitrogens with zero attached hydrogens (tertiary/aromatic N) is 1. The predicted octanol–water partition coefficient (Wildman–Crippen LogP) is 1.76. The number of amides is 3. The molecule has 0 aliphatic rings. The zero-order valence-corrected chi connectivity index (χ0v) is 13.6. The number of H-pyrrole nitrogens is 1. The van der Waals surface area contributed by atoms with Gasteiger partial charge in [0.2, 0.25) is 5.91 Å². The first-order valence-corrected chi connectivity index (χ1v) is 7.40. The number of anilines is 2. The van der Waals surface area contributed by atoms with Gasteiger partial charge in [0.25, 0.3) is 11.8 Å². The van der Waals surface area contributed by atoms with Crippen LogP contribution < -0.4 is 16.0 Å². The Hall–Kier alpha value is -3.16. The molecule has 0 saturated heterocycles. The van der Waals surface area contributed by atoms with Crippen LogP contribution in [0.1, 0.15) is 41.6 Å². The van der Waals surface area contributed by atoms with Crippen molar-refractivity contribution in [1.82, 2.24) is 15.5 Å². The summed E-state index contributed by atoms with van der Waals surface area (Å²) < 4.78 is 0. The Kier molecular flexibility index (Phi) is 5.31. The average Bonchev–Trinajstić information content (AvgIpc) is 2.94. The van der Waals surface area contributed by atoms with E-state index in [4.69, 9.17) is 0 Å². The maximum absolute atomic E-state index is 12.3. The van der Waals surface area contributed by atoms with Gasteiger partial charge in [-0.3, -0.25) is 19.5 Å². The Bertz CT molecular complexity index is 767. The number of carbonyl (C=O) groups excluding carboxylic acids is 3. The van der Waals surface area contributed by atoms with Gasteiger partial charge in [0.1, 0.15) is 0 Å². The van der Waals surface area contributed by atoms with Crippen molar-refractivity contribution in [3.63, 3.8) is 0 Å². The Morgan fingerprint density at radius 2 is 1.88 bits per heavy atom. The fraction of sp³-hybridized carbons (Fsp3) is 0.250. The van der Waals surface area contributed by atoms with Crippen LogP contribution >= 0.6 is 0 Å². The van der Waals surface area contributed by atoms with Gasteiger partial charge in [-0.2, -0.15) is 5.10 Å². The topological polar surface area (TPSA) is 116 Å². The van der Waals surface area contributed by atoms with Crippen molar-refractivity contribution in [2.45, 2.75) is 26.8 Å². The lowest BCUT2D eigenvalue weighted by atomic mass is 10.2. The highest BCUT2D eigenvalue weighted by atomic mass is 16.2. The first-order valence-electron chi connectivity index (χ1n) is 7.40. The molecule has 0 radical (unpaired) electrons. The molecule has 1 heterocycles. The monoisotopic (exact) mass is 329 g/mol. The third-order valence-corrected chi connectivity index (χ3v) is 2.97. The Morgan fingerprint density at radius 3 is 2.54 bits per heavy atom. The minimum Gasteiger partial charge on any atom is -0.348 e. The Balaban J connectivity index is 2.15. The van der Waals surface area contributed by atoms with Crippen molar-refractivity contribution >= 4 is 29.1 Å². The van der Waals surface area contributed by atoms with Crippen LogP contribution in [0.25, 0.3) is 0 Å². The van der Waals surface area contributed by atoms with Crippen LogP contribution in [-0.4, -0.2) is 34.0 Å². The summed E-state index contributed by atoms with van der Waals surface area (Å²) >= 11 is 0. The molecule has 2 rings (SSSR count). The van der Waals surface area contributed by atoms with Gasteiger partial charge < -0.3 is 16.0 Å². The summed E-state index contributed by atoms with van der Waals surface area (Å²) in [5.74, 6) is -1.02. The van der Waals surface area contributed by atoms with E-state index in [1.165, 1.54) is 13.1 Å². The molecular weight excluding hydrogens is 310 g/mol. The maximum atomic E-state index is 12.3. The Morgan fingerprint density at radius 1 is 1.12 bits per heavy atom. The van der Waals surface area contributed by atoms with Crippen LogP contribution in [-0.2, 0) is 4.79 Å². The van der Waals surface area contributed by atoms with Crippen molar-refractivity contribution in [3.05, 3.63) is 41.7 Å². The number of aromatic nitrogens is 2. The first-order chi connectivity index (χ1) is 11.4. The summed E-state index contributed by atoms with van der Waals surface area (Å²) in [5, 5.41) is 14.4. The molecule has 0 saturated carbocycles. The number of aromatic amines is 1. The number of hydrogen-bond acceptors (Lipinski definition) is 4. The minimum absolute atomic E-state index is 0.0490. The van der Waals surface area contributed by atoms with Gasteiger partial charge in [-0.1, -0.05) is 6.07 Å². The lowest BCUT2D eigenvalue weighted by Gasteiger charge is -2.09. The Labute approximate surface area is 139 Å². The van der Waals surface area contributed by atoms with Crippen molar-refractivity contribution in [2.24, 2.45) is 0 Å². The summed E-state index contributed by atoms with van der Waals surface area (Å²) in [4.78, 5) is 35.5. The molecule has 0 spiro atoms. The number of rotatable bonds is 5. The van der Waals surface area contributed by atoms with Crippen LogP contribution in [0.3, 0.4) is 0 Å². The largest absolute Gasteiger partial charge is 0.348 e. The fourth-order valence-electron chi connectivity index (χ4n) is 2.02. The molecule has 0 aliphatic carbocycles. The summed E-state index contributed by atoms with van der Waals surface area (Å²) in [5.41, 5.74) is 1.25. The number of benzene rings is 1. The molecule has 126 valence electrons. The highest BCUT2D eigenvalue weighted by Crippen LogP contribution is 2.16. The lowest BCUT2D eigenvalue weighted by Crippen LogP contribution is -2.31. The normalized spacial score (nSPS) is 10.3. The molecule has 0 bridgehead atoms. The third-order valence-electron chi connectivity index (χ3n) is 2.97. The maximum Gasteiger partial charge on any atom is 0.274 e. The van der Waals surface area contributed by atoms with Gasteiger partial charge in [0, 0.05) is 30.4 Å². The van der Waals surface area contributed by atoms with Crippen LogP contribution in [0.4, 0.5) is 11.4 Å². The SMILES string of the molecule is CC(=O)Nc1cccc(C(=O)Nc2c[nH]nc2C(=O)NC(C)C)c1. The van der Waals surface area contributed by atoms with Crippen molar-refractivity contribution in [3.8, 4) is 0 Å². The molecule has 0 aliphatic heterocycles. The zero-order valence-electron chi connectivity index (χ0n) is 13.6. The van der Waals surface area contributed by atoms with E-state index in [2.05, 4.69) is 26.1 Å². The third kappa shape index (κ3) is 4.42. The van der Waals surface area contributed by atoms with E-state index in [0.717, 1.165) is 0 Å². The molecule has 0 atom stereocenters. The van der Waals surface area contributed by atoms with E-state index in [1.807, 2.05) is 13.8 Å². The second-order valence-electron chi connectivity index (χ2n) is 5.49. The molecule has 4 N–H and O–H groups in total. The van der Waals surface area contributed by atoms with E-state index >= 15 is 0 Å². The van der Waals surface area contributed by atoms with Crippen LogP contribution in [0.5, 0.6) is 0 Å². The van der Waals surface area contributed by atoms with Gasteiger partial charge in [-0.05, 0) is 32.0 Å². The summed E-state index contributed by atoms with van der Waals surface area (Å²) in [6.45, 7) is 5.05. The van der Waals surface area contributed by atoms with Crippen LogP contribution in [0.2, 0.25) is 0 Å². The highest BCUT2D eigenvalue weighted by molar-refractivity contribution is 6.08. The number of hydrogen-bond donors (Lipinski definition) is 4. The minimum atomic E-state index is -0.415. The predicted molar refractivity (Wildman–Crippen MR) is 89.9 cm³/mol. The molecular formula is C16H19N5O3. The molecule has 0 fully saturated rings. The van der Waals surface area contributed by atoms with E-state index in [0.29, 0.717) is 11.3 Å².